The molecule has 0 spiro atoms. The maximum Gasteiger partial charge on any atom is 0.433 e. The van der Waals surface area contributed by atoms with Gasteiger partial charge >= 0.3 is 6.18 Å². The Labute approximate surface area is 121 Å². The minimum absolute atomic E-state index is 0.138. The van der Waals surface area contributed by atoms with Crippen LogP contribution in [0.15, 0.2) is 12.1 Å². The number of rotatable bonds is 2. The first kappa shape index (κ1) is 15.6. The van der Waals surface area contributed by atoms with E-state index in [1.165, 1.54) is 6.07 Å². The molecule has 1 aliphatic rings. The van der Waals surface area contributed by atoms with Crippen molar-refractivity contribution in [2.45, 2.75) is 25.1 Å². The molecule has 0 aliphatic carbocycles. The van der Waals surface area contributed by atoms with Crippen molar-refractivity contribution in [3.63, 3.8) is 0 Å². The monoisotopic (exact) mass is 298 g/mol. The Morgan fingerprint density at radius 2 is 2.10 bits per heavy atom. The summed E-state index contributed by atoms with van der Waals surface area (Å²) in [6.07, 6.45) is -2.64. The van der Waals surface area contributed by atoms with Crippen LogP contribution in [0.5, 0.6) is 0 Å². The lowest BCUT2D eigenvalue weighted by Crippen LogP contribution is -2.45. The molecule has 1 unspecified atom stereocenters. The molecule has 1 saturated heterocycles. The lowest BCUT2D eigenvalue weighted by atomic mass is 10.0. The fourth-order valence-electron chi connectivity index (χ4n) is 2.50. The zero-order valence-corrected chi connectivity index (χ0v) is 12.0. The number of hydrogen-bond donors (Lipinski definition) is 0. The van der Waals surface area contributed by atoms with E-state index >= 15 is 0 Å². The summed E-state index contributed by atoms with van der Waals surface area (Å²) >= 11 is 0. The first-order valence-corrected chi connectivity index (χ1v) is 6.72. The standard InChI is InChI=1S/C14H17F3N4/c1-20(2)11-4-3-7-21(9-11)13-10(8-18)5-6-12(19-13)14(15,16)17/h5-6,11H,3-4,7,9H2,1-2H3. The number of nitrogens with zero attached hydrogens (tertiary/aromatic N) is 4. The first-order valence-electron chi connectivity index (χ1n) is 6.72. The van der Waals surface area contributed by atoms with E-state index in [0.29, 0.717) is 13.1 Å². The lowest BCUT2D eigenvalue weighted by molar-refractivity contribution is -0.141. The predicted octanol–water partition coefficient (Wildman–Crippen LogP) is 2.50. The van der Waals surface area contributed by atoms with Crippen LogP contribution in [-0.2, 0) is 6.18 Å². The summed E-state index contributed by atoms with van der Waals surface area (Å²) in [6.45, 7) is 1.20. The fraction of sp³-hybridized carbons (Fsp3) is 0.571. The topological polar surface area (TPSA) is 43.2 Å². The molecule has 4 nitrogen and oxygen atoms in total. The molecule has 0 N–H and O–H groups in total. The van der Waals surface area contributed by atoms with E-state index in [9.17, 15) is 13.2 Å². The second kappa shape index (κ2) is 5.90. The Kier molecular flexibility index (Phi) is 4.37. The van der Waals surface area contributed by atoms with Crippen molar-refractivity contribution < 1.29 is 13.2 Å². The summed E-state index contributed by atoms with van der Waals surface area (Å²) in [4.78, 5) is 7.52. The molecule has 0 radical (unpaired) electrons. The summed E-state index contributed by atoms with van der Waals surface area (Å²) in [5, 5.41) is 9.11. The van der Waals surface area contributed by atoms with Crippen LogP contribution < -0.4 is 4.90 Å². The van der Waals surface area contributed by atoms with E-state index in [1.54, 1.807) is 4.90 Å². The highest BCUT2D eigenvalue weighted by molar-refractivity contribution is 5.55. The Morgan fingerprint density at radius 3 is 2.67 bits per heavy atom. The fourth-order valence-corrected chi connectivity index (χ4v) is 2.50. The van der Waals surface area contributed by atoms with E-state index in [-0.39, 0.29) is 17.4 Å². The van der Waals surface area contributed by atoms with Crippen molar-refractivity contribution in [3.8, 4) is 6.07 Å². The quantitative estimate of drug-likeness (QED) is 0.841. The molecule has 1 atom stereocenters. The number of pyridine rings is 1. The third-order valence-corrected chi connectivity index (χ3v) is 3.71. The molecule has 7 heteroatoms. The number of nitriles is 1. The Hall–Kier alpha value is -1.81. The molecule has 1 aromatic rings. The number of likely N-dealkylation sites (N-methyl/N-ethyl adjacent to an activating group) is 1. The van der Waals surface area contributed by atoms with Gasteiger partial charge in [-0.3, -0.25) is 0 Å². The van der Waals surface area contributed by atoms with Crippen LogP contribution in [0.1, 0.15) is 24.1 Å². The molecule has 0 amide bonds. The Balaban J connectivity index is 2.35. The minimum atomic E-state index is -4.50. The molecular formula is C14H17F3N4. The van der Waals surface area contributed by atoms with Gasteiger partial charge in [-0.1, -0.05) is 0 Å². The van der Waals surface area contributed by atoms with Gasteiger partial charge in [0, 0.05) is 19.1 Å². The van der Waals surface area contributed by atoms with Gasteiger partial charge in [0.05, 0.1) is 5.56 Å². The zero-order valence-electron chi connectivity index (χ0n) is 12.0. The van der Waals surface area contributed by atoms with Gasteiger partial charge in [0.15, 0.2) is 0 Å². The van der Waals surface area contributed by atoms with Crippen LogP contribution in [0.25, 0.3) is 0 Å². The van der Waals surface area contributed by atoms with Crippen molar-refractivity contribution in [1.29, 1.82) is 5.26 Å². The number of aromatic nitrogens is 1. The van der Waals surface area contributed by atoms with E-state index < -0.39 is 11.9 Å². The summed E-state index contributed by atoms with van der Waals surface area (Å²) < 4.78 is 38.4. The number of piperidine rings is 1. The van der Waals surface area contributed by atoms with Crippen LogP contribution in [0.3, 0.4) is 0 Å². The zero-order chi connectivity index (χ0) is 15.6. The number of hydrogen-bond acceptors (Lipinski definition) is 4. The van der Waals surface area contributed by atoms with Crippen molar-refractivity contribution in [2.75, 3.05) is 32.1 Å². The van der Waals surface area contributed by atoms with Crippen molar-refractivity contribution in [3.05, 3.63) is 23.4 Å². The third kappa shape index (κ3) is 3.45. The van der Waals surface area contributed by atoms with Crippen LogP contribution in [0, 0.1) is 11.3 Å². The highest BCUT2D eigenvalue weighted by atomic mass is 19.4. The average molecular weight is 298 g/mol. The summed E-state index contributed by atoms with van der Waals surface area (Å²) in [5.74, 6) is 0.138. The summed E-state index contributed by atoms with van der Waals surface area (Å²) in [6, 6.07) is 4.24. The number of halogens is 3. The SMILES string of the molecule is CN(C)C1CCCN(c2nc(C(F)(F)F)ccc2C#N)C1. The van der Waals surface area contributed by atoms with Gasteiger partial charge in [-0.15, -0.1) is 0 Å². The molecule has 2 rings (SSSR count). The predicted molar refractivity (Wildman–Crippen MR) is 72.9 cm³/mol. The van der Waals surface area contributed by atoms with Crippen molar-refractivity contribution in [2.24, 2.45) is 0 Å². The summed E-state index contributed by atoms with van der Waals surface area (Å²) in [7, 11) is 3.89. The second-order valence-electron chi connectivity index (χ2n) is 5.38. The second-order valence-corrected chi connectivity index (χ2v) is 5.38. The van der Waals surface area contributed by atoms with Gasteiger partial charge in [-0.25, -0.2) is 4.98 Å². The molecule has 0 bridgehead atoms. The molecule has 2 heterocycles. The average Bonchev–Trinajstić information content (AvgIpc) is 2.45. The highest BCUT2D eigenvalue weighted by Gasteiger charge is 2.34. The van der Waals surface area contributed by atoms with Crippen LogP contribution in [0.2, 0.25) is 0 Å². The van der Waals surface area contributed by atoms with Crippen LogP contribution in [0.4, 0.5) is 19.0 Å². The van der Waals surface area contributed by atoms with E-state index in [1.807, 2.05) is 25.1 Å². The normalized spacial score (nSPS) is 19.7. The third-order valence-electron chi connectivity index (χ3n) is 3.71. The molecule has 21 heavy (non-hydrogen) atoms. The minimum Gasteiger partial charge on any atom is -0.354 e. The van der Waals surface area contributed by atoms with Gasteiger partial charge in [0.2, 0.25) is 0 Å². The molecule has 0 aromatic carbocycles. The van der Waals surface area contributed by atoms with Crippen molar-refractivity contribution in [1.82, 2.24) is 9.88 Å². The summed E-state index contributed by atoms with van der Waals surface area (Å²) in [5.41, 5.74) is -0.772. The maximum absolute atomic E-state index is 12.8. The molecule has 114 valence electrons. The molecule has 1 fully saturated rings. The largest absolute Gasteiger partial charge is 0.433 e. The number of anilines is 1. The van der Waals surface area contributed by atoms with E-state index in [0.717, 1.165) is 18.9 Å². The van der Waals surface area contributed by atoms with Gasteiger partial charge < -0.3 is 9.80 Å². The Bertz CT molecular complexity index is 548. The lowest BCUT2D eigenvalue weighted by Gasteiger charge is -2.37. The van der Waals surface area contributed by atoms with Crippen molar-refractivity contribution >= 4 is 5.82 Å². The smallest absolute Gasteiger partial charge is 0.354 e. The molecule has 0 saturated carbocycles. The van der Waals surface area contributed by atoms with Crippen LogP contribution >= 0.6 is 0 Å². The molecule has 1 aromatic heterocycles. The van der Waals surface area contributed by atoms with Gasteiger partial charge in [-0.05, 0) is 39.1 Å². The van der Waals surface area contributed by atoms with Gasteiger partial charge in [0.25, 0.3) is 0 Å². The first-order chi connectivity index (χ1) is 9.82. The molecule has 1 aliphatic heterocycles. The number of alkyl halides is 3. The van der Waals surface area contributed by atoms with E-state index in [4.69, 9.17) is 5.26 Å². The Morgan fingerprint density at radius 1 is 1.38 bits per heavy atom. The highest BCUT2D eigenvalue weighted by Crippen LogP contribution is 2.31. The molecular weight excluding hydrogens is 281 g/mol. The van der Waals surface area contributed by atoms with Gasteiger partial charge in [-0.2, -0.15) is 18.4 Å². The van der Waals surface area contributed by atoms with Gasteiger partial charge in [0.1, 0.15) is 17.6 Å². The van der Waals surface area contributed by atoms with E-state index in [2.05, 4.69) is 4.98 Å². The van der Waals surface area contributed by atoms with Crippen LogP contribution in [-0.4, -0.2) is 43.1 Å². The maximum atomic E-state index is 12.8.